The summed E-state index contributed by atoms with van der Waals surface area (Å²) >= 11 is 0. The van der Waals surface area contributed by atoms with E-state index >= 15 is 0 Å². The highest BCUT2D eigenvalue weighted by Gasteiger charge is 2.23. The zero-order valence-corrected chi connectivity index (χ0v) is 10.1. The van der Waals surface area contributed by atoms with Crippen LogP contribution in [0, 0.1) is 0 Å². The number of aliphatic carboxylic acids is 1. The second kappa shape index (κ2) is 7.11. The molecule has 17 heavy (non-hydrogen) atoms. The van der Waals surface area contributed by atoms with Gasteiger partial charge in [0.25, 0.3) is 0 Å². The molecule has 0 radical (unpaired) electrons. The van der Waals surface area contributed by atoms with Crippen molar-refractivity contribution in [2.24, 2.45) is 0 Å². The number of amides is 2. The molecule has 6 heteroatoms. The molecular formula is C11H20N2O4. The van der Waals surface area contributed by atoms with Crippen LogP contribution in [0.5, 0.6) is 0 Å². The standard InChI is InChI=1S/C11H20N2O4/c1-2-3-9-8-13(6-7-17-9)11(16)12-5-4-10(14)15/h9H,2-8H2,1H3,(H,12,16)(H,14,15). The summed E-state index contributed by atoms with van der Waals surface area (Å²) in [6, 6.07) is -0.198. The predicted octanol–water partition coefficient (Wildman–Crippen LogP) is 0.672. The van der Waals surface area contributed by atoms with E-state index in [1.807, 2.05) is 0 Å². The Hall–Kier alpha value is -1.30. The molecule has 1 heterocycles. The first kappa shape index (κ1) is 13.8. The molecule has 1 aliphatic rings. The Labute approximate surface area is 101 Å². The van der Waals surface area contributed by atoms with Crippen molar-refractivity contribution in [1.29, 1.82) is 0 Å². The van der Waals surface area contributed by atoms with E-state index in [4.69, 9.17) is 9.84 Å². The number of nitrogens with zero attached hydrogens (tertiary/aromatic N) is 1. The van der Waals surface area contributed by atoms with E-state index in [2.05, 4.69) is 12.2 Å². The van der Waals surface area contributed by atoms with E-state index < -0.39 is 5.97 Å². The highest BCUT2D eigenvalue weighted by molar-refractivity contribution is 5.75. The zero-order chi connectivity index (χ0) is 12.7. The fourth-order valence-corrected chi connectivity index (χ4v) is 1.79. The second-order valence-corrected chi connectivity index (χ2v) is 4.10. The van der Waals surface area contributed by atoms with E-state index in [0.717, 1.165) is 12.8 Å². The van der Waals surface area contributed by atoms with Crippen LogP contribution in [0.4, 0.5) is 4.79 Å². The lowest BCUT2D eigenvalue weighted by Gasteiger charge is -2.32. The number of carboxylic acids is 1. The average molecular weight is 244 g/mol. The van der Waals surface area contributed by atoms with Gasteiger partial charge in [-0.2, -0.15) is 0 Å². The first-order valence-corrected chi connectivity index (χ1v) is 5.99. The Morgan fingerprint density at radius 3 is 2.94 bits per heavy atom. The molecule has 1 fully saturated rings. The van der Waals surface area contributed by atoms with E-state index in [1.165, 1.54) is 0 Å². The third-order valence-corrected chi connectivity index (χ3v) is 2.65. The van der Waals surface area contributed by atoms with Crippen molar-refractivity contribution in [3.63, 3.8) is 0 Å². The molecule has 0 saturated carbocycles. The lowest BCUT2D eigenvalue weighted by molar-refractivity contribution is -0.136. The van der Waals surface area contributed by atoms with Crippen LogP contribution in [-0.4, -0.2) is 54.4 Å². The molecule has 1 unspecified atom stereocenters. The van der Waals surface area contributed by atoms with Crippen LogP contribution in [0.2, 0.25) is 0 Å². The number of carboxylic acid groups (broad SMARTS) is 1. The molecule has 2 amide bonds. The van der Waals surface area contributed by atoms with Crippen molar-refractivity contribution in [2.75, 3.05) is 26.2 Å². The van der Waals surface area contributed by atoms with Crippen molar-refractivity contribution >= 4 is 12.0 Å². The van der Waals surface area contributed by atoms with E-state index in [1.54, 1.807) is 4.90 Å². The number of nitrogens with one attached hydrogen (secondary N) is 1. The van der Waals surface area contributed by atoms with Gasteiger partial charge in [0.2, 0.25) is 0 Å². The Morgan fingerprint density at radius 1 is 1.53 bits per heavy atom. The quantitative estimate of drug-likeness (QED) is 0.745. The maximum atomic E-state index is 11.7. The van der Waals surface area contributed by atoms with E-state index in [0.29, 0.717) is 19.7 Å². The number of carbonyl (C=O) groups excluding carboxylic acids is 1. The minimum absolute atomic E-state index is 0.0472. The Balaban J connectivity index is 2.28. The van der Waals surface area contributed by atoms with Crippen LogP contribution in [0.15, 0.2) is 0 Å². The summed E-state index contributed by atoms with van der Waals surface area (Å²) in [5.74, 6) is -0.906. The van der Waals surface area contributed by atoms with Crippen LogP contribution in [0.1, 0.15) is 26.2 Å². The van der Waals surface area contributed by atoms with Gasteiger partial charge in [0.05, 0.1) is 19.1 Å². The first-order chi connectivity index (χ1) is 8.13. The van der Waals surface area contributed by atoms with Gasteiger partial charge < -0.3 is 20.1 Å². The summed E-state index contributed by atoms with van der Waals surface area (Å²) in [5, 5.41) is 11.1. The molecule has 1 saturated heterocycles. The summed E-state index contributed by atoms with van der Waals surface area (Å²) in [5.41, 5.74) is 0. The number of rotatable bonds is 5. The van der Waals surface area contributed by atoms with Gasteiger partial charge in [-0.05, 0) is 6.42 Å². The third-order valence-electron chi connectivity index (χ3n) is 2.65. The second-order valence-electron chi connectivity index (χ2n) is 4.10. The molecular weight excluding hydrogens is 224 g/mol. The summed E-state index contributed by atoms with van der Waals surface area (Å²) < 4.78 is 5.53. The molecule has 0 aliphatic carbocycles. The van der Waals surface area contributed by atoms with Gasteiger partial charge in [-0.1, -0.05) is 13.3 Å². The van der Waals surface area contributed by atoms with Crippen LogP contribution < -0.4 is 5.32 Å². The van der Waals surface area contributed by atoms with Gasteiger partial charge >= 0.3 is 12.0 Å². The molecule has 1 rings (SSSR count). The molecule has 0 bridgehead atoms. The smallest absolute Gasteiger partial charge is 0.317 e. The van der Waals surface area contributed by atoms with E-state index in [-0.39, 0.29) is 25.1 Å². The molecule has 0 aromatic carbocycles. The highest BCUT2D eigenvalue weighted by atomic mass is 16.5. The minimum Gasteiger partial charge on any atom is -0.481 e. The van der Waals surface area contributed by atoms with Crippen LogP contribution in [0.25, 0.3) is 0 Å². The number of ether oxygens (including phenoxy) is 1. The first-order valence-electron chi connectivity index (χ1n) is 5.99. The van der Waals surface area contributed by atoms with Crippen molar-refractivity contribution in [3.05, 3.63) is 0 Å². The molecule has 0 spiro atoms. The van der Waals surface area contributed by atoms with Crippen molar-refractivity contribution in [1.82, 2.24) is 10.2 Å². The van der Waals surface area contributed by atoms with Crippen LogP contribution in [-0.2, 0) is 9.53 Å². The largest absolute Gasteiger partial charge is 0.481 e. The molecule has 0 aromatic rings. The maximum absolute atomic E-state index is 11.7. The normalized spacial score (nSPS) is 20.1. The SMILES string of the molecule is CCCC1CN(C(=O)NCCC(=O)O)CCO1. The highest BCUT2D eigenvalue weighted by Crippen LogP contribution is 2.10. The van der Waals surface area contributed by atoms with Gasteiger partial charge in [0, 0.05) is 19.6 Å². The Bertz CT molecular complexity index is 268. The monoisotopic (exact) mass is 244 g/mol. The third kappa shape index (κ3) is 5.04. The fourth-order valence-electron chi connectivity index (χ4n) is 1.79. The number of morpholine rings is 1. The zero-order valence-electron chi connectivity index (χ0n) is 10.1. The number of hydrogen-bond donors (Lipinski definition) is 2. The number of urea groups is 1. The lowest BCUT2D eigenvalue weighted by atomic mass is 10.2. The summed E-state index contributed by atoms with van der Waals surface area (Å²) in [6.45, 7) is 3.96. The van der Waals surface area contributed by atoms with E-state index in [9.17, 15) is 9.59 Å². The molecule has 98 valence electrons. The Morgan fingerprint density at radius 2 is 2.29 bits per heavy atom. The predicted molar refractivity (Wildman–Crippen MR) is 61.9 cm³/mol. The Kier molecular flexibility index (Phi) is 5.76. The molecule has 0 aromatic heterocycles. The van der Waals surface area contributed by atoms with Crippen LogP contribution >= 0.6 is 0 Å². The van der Waals surface area contributed by atoms with Crippen LogP contribution in [0.3, 0.4) is 0 Å². The average Bonchev–Trinajstić information content (AvgIpc) is 2.29. The summed E-state index contributed by atoms with van der Waals surface area (Å²) in [7, 11) is 0. The maximum Gasteiger partial charge on any atom is 0.317 e. The van der Waals surface area contributed by atoms with Gasteiger partial charge in [-0.25, -0.2) is 4.79 Å². The van der Waals surface area contributed by atoms with Gasteiger partial charge in [-0.3, -0.25) is 4.79 Å². The number of hydrogen-bond acceptors (Lipinski definition) is 3. The molecule has 1 atom stereocenters. The topological polar surface area (TPSA) is 78.9 Å². The van der Waals surface area contributed by atoms with Crippen molar-refractivity contribution < 1.29 is 19.4 Å². The van der Waals surface area contributed by atoms with Crippen molar-refractivity contribution in [3.8, 4) is 0 Å². The lowest BCUT2D eigenvalue weighted by Crippen LogP contribution is -2.49. The van der Waals surface area contributed by atoms with Gasteiger partial charge in [-0.15, -0.1) is 0 Å². The van der Waals surface area contributed by atoms with Gasteiger partial charge in [0.1, 0.15) is 0 Å². The molecule has 6 nitrogen and oxygen atoms in total. The van der Waals surface area contributed by atoms with Crippen molar-refractivity contribution in [2.45, 2.75) is 32.3 Å². The minimum atomic E-state index is -0.906. The molecule has 2 N–H and O–H groups in total. The number of carbonyl (C=O) groups is 2. The molecule has 1 aliphatic heterocycles. The summed E-state index contributed by atoms with van der Waals surface area (Å²) in [4.78, 5) is 23.7. The fraction of sp³-hybridized carbons (Fsp3) is 0.818. The summed E-state index contributed by atoms with van der Waals surface area (Å²) in [6.07, 6.45) is 2.03. The van der Waals surface area contributed by atoms with Gasteiger partial charge in [0.15, 0.2) is 0 Å².